The SMILES string of the molecule is CCn1cc(CN2CCOCC2C(=O)OC)cn1. The highest BCUT2D eigenvalue weighted by atomic mass is 16.5. The van der Waals surface area contributed by atoms with Crippen LogP contribution in [0.4, 0.5) is 0 Å². The van der Waals surface area contributed by atoms with Crippen LogP contribution in [0.2, 0.25) is 0 Å². The van der Waals surface area contributed by atoms with Gasteiger partial charge in [-0.05, 0) is 6.92 Å². The zero-order valence-electron chi connectivity index (χ0n) is 10.8. The molecular formula is C12H19N3O3. The fraction of sp³-hybridized carbons (Fsp3) is 0.667. The number of esters is 1. The summed E-state index contributed by atoms with van der Waals surface area (Å²) in [5, 5.41) is 4.23. The molecule has 1 aliphatic heterocycles. The van der Waals surface area contributed by atoms with Gasteiger partial charge in [0.15, 0.2) is 0 Å². The number of hydrogen-bond acceptors (Lipinski definition) is 5. The molecule has 0 spiro atoms. The molecule has 18 heavy (non-hydrogen) atoms. The monoisotopic (exact) mass is 253 g/mol. The van der Waals surface area contributed by atoms with Crippen molar-refractivity contribution in [2.75, 3.05) is 26.9 Å². The number of morpholine rings is 1. The van der Waals surface area contributed by atoms with Crippen molar-refractivity contribution < 1.29 is 14.3 Å². The van der Waals surface area contributed by atoms with Gasteiger partial charge < -0.3 is 9.47 Å². The van der Waals surface area contributed by atoms with E-state index in [1.54, 1.807) is 0 Å². The Labute approximate surface area is 106 Å². The number of rotatable bonds is 4. The summed E-state index contributed by atoms with van der Waals surface area (Å²) < 4.78 is 12.0. The van der Waals surface area contributed by atoms with Gasteiger partial charge in [0.25, 0.3) is 0 Å². The van der Waals surface area contributed by atoms with Gasteiger partial charge in [0.1, 0.15) is 6.04 Å². The van der Waals surface area contributed by atoms with Gasteiger partial charge >= 0.3 is 5.97 Å². The number of methoxy groups -OCH3 is 1. The molecule has 0 N–H and O–H groups in total. The number of nitrogens with zero attached hydrogens (tertiary/aromatic N) is 3. The largest absolute Gasteiger partial charge is 0.468 e. The first kappa shape index (κ1) is 13.0. The molecule has 1 saturated heterocycles. The highest BCUT2D eigenvalue weighted by Crippen LogP contribution is 2.13. The molecule has 1 aromatic heterocycles. The summed E-state index contributed by atoms with van der Waals surface area (Å²) in [6.07, 6.45) is 3.84. The van der Waals surface area contributed by atoms with Crippen LogP contribution in [0, 0.1) is 0 Å². The van der Waals surface area contributed by atoms with Gasteiger partial charge in [-0.1, -0.05) is 0 Å². The van der Waals surface area contributed by atoms with Crippen molar-refractivity contribution in [1.29, 1.82) is 0 Å². The molecule has 1 aromatic rings. The summed E-state index contributed by atoms with van der Waals surface area (Å²) in [6, 6.07) is -0.311. The molecule has 0 radical (unpaired) electrons. The molecule has 6 nitrogen and oxygen atoms in total. The van der Waals surface area contributed by atoms with E-state index in [-0.39, 0.29) is 12.0 Å². The van der Waals surface area contributed by atoms with E-state index < -0.39 is 0 Å². The number of aromatic nitrogens is 2. The molecule has 2 rings (SSSR count). The maximum Gasteiger partial charge on any atom is 0.325 e. The fourth-order valence-corrected chi connectivity index (χ4v) is 2.08. The predicted octanol–water partition coefficient (Wildman–Crippen LogP) is 0.277. The molecule has 1 unspecified atom stereocenters. The number of hydrogen-bond donors (Lipinski definition) is 0. The van der Waals surface area contributed by atoms with E-state index in [1.807, 2.05) is 24.0 Å². The summed E-state index contributed by atoms with van der Waals surface area (Å²) in [6.45, 7) is 5.37. The zero-order valence-corrected chi connectivity index (χ0v) is 10.8. The lowest BCUT2D eigenvalue weighted by molar-refractivity contribution is -0.153. The lowest BCUT2D eigenvalue weighted by Gasteiger charge is -2.33. The Balaban J connectivity index is 2.02. The van der Waals surface area contributed by atoms with E-state index >= 15 is 0 Å². The van der Waals surface area contributed by atoms with Crippen LogP contribution in [0.3, 0.4) is 0 Å². The van der Waals surface area contributed by atoms with Crippen LogP contribution in [-0.4, -0.2) is 53.6 Å². The third kappa shape index (κ3) is 2.88. The summed E-state index contributed by atoms with van der Waals surface area (Å²) in [7, 11) is 1.41. The van der Waals surface area contributed by atoms with Crippen molar-refractivity contribution >= 4 is 5.97 Å². The van der Waals surface area contributed by atoms with Crippen LogP contribution in [0.5, 0.6) is 0 Å². The van der Waals surface area contributed by atoms with Crippen LogP contribution in [0.25, 0.3) is 0 Å². The first-order valence-corrected chi connectivity index (χ1v) is 6.15. The van der Waals surface area contributed by atoms with Gasteiger partial charge in [-0.3, -0.25) is 14.4 Å². The first-order chi connectivity index (χ1) is 8.74. The molecule has 0 aliphatic carbocycles. The molecule has 1 fully saturated rings. The van der Waals surface area contributed by atoms with E-state index in [9.17, 15) is 4.79 Å². The van der Waals surface area contributed by atoms with Gasteiger partial charge in [-0.2, -0.15) is 5.10 Å². The molecule has 2 heterocycles. The third-order valence-electron chi connectivity index (χ3n) is 3.11. The van der Waals surface area contributed by atoms with E-state index in [0.29, 0.717) is 19.8 Å². The van der Waals surface area contributed by atoms with Gasteiger partial charge in [0.2, 0.25) is 0 Å². The Kier molecular flexibility index (Phi) is 4.33. The van der Waals surface area contributed by atoms with E-state index in [4.69, 9.17) is 9.47 Å². The van der Waals surface area contributed by atoms with E-state index in [2.05, 4.69) is 10.00 Å². The Morgan fingerprint density at radius 2 is 2.50 bits per heavy atom. The summed E-state index contributed by atoms with van der Waals surface area (Å²) >= 11 is 0. The maximum atomic E-state index is 11.7. The smallest absolute Gasteiger partial charge is 0.325 e. The Morgan fingerprint density at radius 3 is 3.17 bits per heavy atom. The fourth-order valence-electron chi connectivity index (χ4n) is 2.08. The highest BCUT2D eigenvalue weighted by Gasteiger charge is 2.30. The van der Waals surface area contributed by atoms with E-state index in [0.717, 1.165) is 18.7 Å². The van der Waals surface area contributed by atoms with Crippen LogP contribution >= 0.6 is 0 Å². The molecular weight excluding hydrogens is 234 g/mol. The predicted molar refractivity (Wildman–Crippen MR) is 64.9 cm³/mol. The lowest BCUT2D eigenvalue weighted by Crippen LogP contribution is -2.49. The second-order valence-electron chi connectivity index (χ2n) is 4.29. The zero-order chi connectivity index (χ0) is 13.0. The van der Waals surface area contributed by atoms with Gasteiger partial charge in [-0.25, -0.2) is 0 Å². The topological polar surface area (TPSA) is 56.6 Å². The van der Waals surface area contributed by atoms with Crippen LogP contribution in [-0.2, 0) is 27.4 Å². The van der Waals surface area contributed by atoms with Gasteiger partial charge in [0.05, 0.1) is 26.5 Å². The number of aryl methyl sites for hydroxylation is 1. The second kappa shape index (κ2) is 5.97. The second-order valence-corrected chi connectivity index (χ2v) is 4.29. The van der Waals surface area contributed by atoms with Gasteiger partial charge in [-0.15, -0.1) is 0 Å². The molecule has 0 amide bonds. The minimum Gasteiger partial charge on any atom is -0.468 e. The average Bonchev–Trinajstić information content (AvgIpc) is 2.86. The van der Waals surface area contributed by atoms with E-state index in [1.165, 1.54) is 7.11 Å². The lowest BCUT2D eigenvalue weighted by atomic mass is 10.2. The summed E-state index contributed by atoms with van der Waals surface area (Å²) in [5.41, 5.74) is 1.10. The Morgan fingerprint density at radius 1 is 1.67 bits per heavy atom. The molecule has 0 aromatic carbocycles. The molecule has 0 bridgehead atoms. The molecule has 1 atom stereocenters. The van der Waals surface area contributed by atoms with Crippen LogP contribution < -0.4 is 0 Å². The van der Waals surface area contributed by atoms with Gasteiger partial charge in [0, 0.05) is 31.4 Å². The van der Waals surface area contributed by atoms with Crippen LogP contribution in [0.1, 0.15) is 12.5 Å². The minimum atomic E-state index is -0.311. The van der Waals surface area contributed by atoms with Crippen molar-refractivity contribution in [3.8, 4) is 0 Å². The van der Waals surface area contributed by atoms with Crippen molar-refractivity contribution in [3.63, 3.8) is 0 Å². The Hall–Kier alpha value is -1.40. The average molecular weight is 253 g/mol. The molecule has 0 saturated carbocycles. The van der Waals surface area contributed by atoms with Crippen molar-refractivity contribution in [2.24, 2.45) is 0 Å². The first-order valence-electron chi connectivity index (χ1n) is 6.15. The summed E-state index contributed by atoms with van der Waals surface area (Å²) in [4.78, 5) is 13.7. The van der Waals surface area contributed by atoms with Crippen LogP contribution in [0.15, 0.2) is 12.4 Å². The quantitative estimate of drug-likeness (QED) is 0.721. The standard InChI is InChI=1S/C12H19N3O3/c1-3-15-8-10(6-13-15)7-14-4-5-18-9-11(14)12(16)17-2/h6,8,11H,3-5,7,9H2,1-2H3. The number of carbonyl (C=O) groups excluding carboxylic acids is 1. The minimum absolute atomic E-state index is 0.238. The molecule has 100 valence electrons. The van der Waals surface area contributed by atoms with Crippen molar-refractivity contribution in [2.45, 2.75) is 26.1 Å². The Bertz CT molecular complexity index is 405. The maximum absolute atomic E-state index is 11.7. The number of carbonyl (C=O) groups is 1. The van der Waals surface area contributed by atoms with Crippen molar-refractivity contribution in [3.05, 3.63) is 18.0 Å². The third-order valence-corrected chi connectivity index (χ3v) is 3.11. The summed E-state index contributed by atoms with van der Waals surface area (Å²) in [5.74, 6) is -0.238. The molecule has 6 heteroatoms. The van der Waals surface area contributed by atoms with Crippen molar-refractivity contribution in [1.82, 2.24) is 14.7 Å². The number of ether oxygens (including phenoxy) is 2. The highest BCUT2D eigenvalue weighted by molar-refractivity contribution is 5.75. The normalized spacial score (nSPS) is 20.9. The molecule has 1 aliphatic rings.